The second kappa shape index (κ2) is 7.95. The van der Waals surface area contributed by atoms with Crippen molar-refractivity contribution >= 4 is 35.3 Å². The minimum atomic E-state index is 0.743. The second-order valence-corrected chi connectivity index (χ2v) is 5.68. The Morgan fingerprint density at radius 1 is 1.00 bits per heavy atom. The molecule has 0 radical (unpaired) electrons. The molecule has 0 aliphatic carbocycles. The van der Waals surface area contributed by atoms with E-state index in [0.717, 1.165) is 42.6 Å². The van der Waals surface area contributed by atoms with Crippen molar-refractivity contribution in [3.8, 4) is 0 Å². The predicted octanol–water partition coefficient (Wildman–Crippen LogP) is 4.59. The molecule has 0 N–H and O–H groups in total. The maximum absolute atomic E-state index is 6.10. The van der Waals surface area contributed by atoms with Gasteiger partial charge in [-0.2, -0.15) is 0 Å². The number of benzene rings is 2. The fourth-order valence-electron chi connectivity index (χ4n) is 2.46. The number of aliphatic imine (C=N–C) groups is 1. The van der Waals surface area contributed by atoms with Crippen molar-refractivity contribution in [1.82, 2.24) is 0 Å². The van der Waals surface area contributed by atoms with Gasteiger partial charge in [-0.1, -0.05) is 35.9 Å². The first-order chi connectivity index (χ1) is 11.3. The smallest absolute Gasteiger partial charge is 0.0642 e. The number of hydrogen-bond donors (Lipinski definition) is 0. The van der Waals surface area contributed by atoms with Gasteiger partial charge in [0.1, 0.15) is 0 Å². The normalized spacial score (nSPS) is 15.6. The van der Waals surface area contributed by atoms with Crippen LogP contribution in [0.3, 0.4) is 0 Å². The SMILES string of the molecule is Clc1ccccc1C=CC=Nc1ccc(N2CCOCC2)cc1. The average molecular weight is 327 g/mol. The van der Waals surface area contributed by atoms with Crippen molar-refractivity contribution in [2.24, 2.45) is 4.99 Å². The molecule has 2 aromatic rings. The van der Waals surface area contributed by atoms with E-state index >= 15 is 0 Å². The molecular weight excluding hydrogens is 308 g/mol. The van der Waals surface area contributed by atoms with Gasteiger partial charge in [-0.3, -0.25) is 4.99 Å². The van der Waals surface area contributed by atoms with E-state index in [0.29, 0.717) is 0 Å². The number of anilines is 1. The van der Waals surface area contributed by atoms with E-state index in [1.54, 1.807) is 6.21 Å². The van der Waals surface area contributed by atoms with Crippen molar-refractivity contribution in [3.05, 3.63) is 65.2 Å². The summed E-state index contributed by atoms with van der Waals surface area (Å²) in [5, 5.41) is 0.743. The highest BCUT2D eigenvalue weighted by Crippen LogP contribution is 2.20. The highest BCUT2D eigenvalue weighted by Gasteiger charge is 2.10. The molecule has 3 rings (SSSR count). The van der Waals surface area contributed by atoms with Crippen molar-refractivity contribution in [2.45, 2.75) is 0 Å². The van der Waals surface area contributed by atoms with Crippen molar-refractivity contribution in [2.75, 3.05) is 31.2 Å². The van der Waals surface area contributed by atoms with Crippen LogP contribution in [-0.2, 0) is 4.74 Å². The summed E-state index contributed by atoms with van der Waals surface area (Å²) in [5.41, 5.74) is 3.15. The fourth-order valence-corrected chi connectivity index (χ4v) is 2.66. The first-order valence-corrected chi connectivity index (χ1v) is 8.09. The minimum Gasteiger partial charge on any atom is -0.378 e. The lowest BCUT2D eigenvalue weighted by atomic mass is 10.2. The monoisotopic (exact) mass is 326 g/mol. The lowest BCUT2D eigenvalue weighted by Gasteiger charge is -2.28. The Morgan fingerprint density at radius 3 is 2.48 bits per heavy atom. The van der Waals surface area contributed by atoms with Crippen LogP contribution in [-0.4, -0.2) is 32.5 Å². The zero-order chi connectivity index (χ0) is 15.9. The molecule has 0 saturated carbocycles. The van der Waals surface area contributed by atoms with Crippen LogP contribution in [0.15, 0.2) is 59.6 Å². The lowest BCUT2D eigenvalue weighted by molar-refractivity contribution is 0.122. The molecule has 0 amide bonds. The minimum absolute atomic E-state index is 0.743. The van der Waals surface area contributed by atoms with Crippen molar-refractivity contribution < 1.29 is 4.74 Å². The van der Waals surface area contributed by atoms with Gasteiger partial charge >= 0.3 is 0 Å². The Balaban J connectivity index is 1.60. The first kappa shape index (κ1) is 15.8. The molecule has 0 unspecified atom stereocenters. The fraction of sp³-hybridized carbons (Fsp3) is 0.211. The molecule has 0 spiro atoms. The zero-order valence-corrected chi connectivity index (χ0v) is 13.6. The molecule has 0 aromatic heterocycles. The summed E-state index contributed by atoms with van der Waals surface area (Å²) >= 11 is 6.10. The van der Waals surface area contributed by atoms with Gasteiger partial charge < -0.3 is 9.64 Å². The van der Waals surface area contributed by atoms with Crippen LogP contribution in [0.2, 0.25) is 5.02 Å². The van der Waals surface area contributed by atoms with Crippen LogP contribution < -0.4 is 4.90 Å². The topological polar surface area (TPSA) is 24.8 Å². The maximum atomic E-state index is 6.10. The number of morpholine rings is 1. The summed E-state index contributed by atoms with van der Waals surface area (Å²) in [6, 6.07) is 16.0. The molecule has 1 aliphatic rings. The molecule has 1 fully saturated rings. The summed E-state index contributed by atoms with van der Waals surface area (Å²) in [4.78, 5) is 6.77. The van der Waals surface area contributed by atoms with Gasteiger partial charge in [0.15, 0.2) is 0 Å². The number of allylic oxidation sites excluding steroid dienone is 1. The second-order valence-electron chi connectivity index (χ2n) is 5.27. The largest absolute Gasteiger partial charge is 0.378 e. The van der Waals surface area contributed by atoms with Crippen LogP contribution in [0.5, 0.6) is 0 Å². The molecule has 4 heteroatoms. The maximum Gasteiger partial charge on any atom is 0.0642 e. The molecule has 118 valence electrons. The third-order valence-electron chi connectivity index (χ3n) is 3.72. The number of halogens is 1. The molecule has 2 aromatic carbocycles. The summed E-state index contributed by atoms with van der Waals surface area (Å²) < 4.78 is 5.37. The van der Waals surface area contributed by atoms with E-state index < -0.39 is 0 Å². The molecule has 0 bridgehead atoms. The van der Waals surface area contributed by atoms with Gasteiger partial charge in [-0.25, -0.2) is 0 Å². The van der Waals surface area contributed by atoms with E-state index in [-0.39, 0.29) is 0 Å². The summed E-state index contributed by atoms with van der Waals surface area (Å²) in [6.45, 7) is 3.49. The van der Waals surface area contributed by atoms with Gasteiger partial charge in [0.2, 0.25) is 0 Å². The van der Waals surface area contributed by atoms with Gasteiger partial charge in [0.05, 0.1) is 18.9 Å². The summed E-state index contributed by atoms with van der Waals surface area (Å²) in [6.07, 6.45) is 5.64. The van der Waals surface area contributed by atoms with E-state index in [1.807, 2.05) is 48.6 Å². The highest BCUT2D eigenvalue weighted by atomic mass is 35.5. The number of nitrogens with zero attached hydrogens (tertiary/aromatic N) is 2. The van der Waals surface area contributed by atoms with Crippen molar-refractivity contribution in [3.63, 3.8) is 0 Å². The van der Waals surface area contributed by atoms with E-state index in [9.17, 15) is 0 Å². The Morgan fingerprint density at radius 2 is 1.74 bits per heavy atom. The van der Waals surface area contributed by atoms with E-state index in [1.165, 1.54) is 5.69 Å². The van der Waals surface area contributed by atoms with Gasteiger partial charge in [-0.05, 0) is 42.0 Å². The van der Waals surface area contributed by atoms with Gasteiger partial charge in [0.25, 0.3) is 0 Å². The Hall–Kier alpha value is -2.10. The third-order valence-corrected chi connectivity index (χ3v) is 4.06. The lowest BCUT2D eigenvalue weighted by Crippen LogP contribution is -2.36. The van der Waals surface area contributed by atoms with Crippen LogP contribution in [0, 0.1) is 0 Å². The summed E-state index contributed by atoms with van der Waals surface area (Å²) in [5.74, 6) is 0. The standard InChI is InChI=1S/C19H19ClN2O/c20-19-6-2-1-4-16(19)5-3-11-21-17-7-9-18(10-8-17)22-12-14-23-15-13-22/h1-11H,12-15H2. The Kier molecular flexibility index (Phi) is 5.46. The number of rotatable bonds is 4. The summed E-state index contributed by atoms with van der Waals surface area (Å²) in [7, 11) is 0. The molecular formula is C19H19ClN2O. The quantitative estimate of drug-likeness (QED) is 0.767. The van der Waals surface area contributed by atoms with Crippen LogP contribution in [0.1, 0.15) is 5.56 Å². The third kappa shape index (κ3) is 4.44. The Labute approximate surface area is 141 Å². The highest BCUT2D eigenvalue weighted by molar-refractivity contribution is 6.32. The van der Waals surface area contributed by atoms with Crippen molar-refractivity contribution in [1.29, 1.82) is 0 Å². The van der Waals surface area contributed by atoms with E-state index in [2.05, 4.69) is 22.0 Å². The van der Waals surface area contributed by atoms with Crippen LogP contribution in [0.25, 0.3) is 6.08 Å². The Bertz CT molecular complexity index is 689. The molecule has 3 nitrogen and oxygen atoms in total. The van der Waals surface area contributed by atoms with E-state index in [4.69, 9.17) is 16.3 Å². The number of hydrogen-bond acceptors (Lipinski definition) is 3. The molecule has 1 aliphatic heterocycles. The molecule has 23 heavy (non-hydrogen) atoms. The first-order valence-electron chi connectivity index (χ1n) is 7.71. The zero-order valence-electron chi connectivity index (χ0n) is 12.9. The molecule has 1 heterocycles. The van der Waals surface area contributed by atoms with Crippen LogP contribution in [0.4, 0.5) is 11.4 Å². The predicted molar refractivity (Wildman–Crippen MR) is 98.1 cm³/mol. The molecule has 1 saturated heterocycles. The average Bonchev–Trinajstić information content (AvgIpc) is 2.61. The van der Waals surface area contributed by atoms with Gasteiger partial charge in [0, 0.05) is 30.0 Å². The number of ether oxygens (including phenoxy) is 1. The molecule has 0 atom stereocenters. The van der Waals surface area contributed by atoms with Gasteiger partial charge in [-0.15, -0.1) is 0 Å². The van der Waals surface area contributed by atoms with Crippen LogP contribution >= 0.6 is 11.6 Å².